The lowest BCUT2D eigenvalue weighted by Crippen LogP contribution is -2.41. The molecule has 2 heterocycles. The van der Waals surface area contributed by atoms with E-state index in [-0.39, 0.29) is 6.09 Å². The summed E-state index contributed by atoms with van der Waals surface area (Å²) < 4.78 is 11.4. The SMILES string of the molecule is CNc1nc2ccccc2nc1OCCC1CCN(C(=O)OC(C)(C)C)CC1. The number of amides is 1. The van der Waals surface area contributed by atoms with Crippen molar-refractivity contribution in [2.24, 2.45) is 5.92 Å². The number of para-hydroxylation sites is 2. The van der Waals surface area contributed by atoms with Crippen molar-refractivity contribution < 1.29 is 14.3 Å². The summed E-state index contributed by atoms with van der Waals surface area (Å²) in [6.45, 7) is 7.73. The highest BCUT2D eigenvalue weighted by Crippen LogP contribution is 2.25. The van der Waals surface area contributed by atoms with Crippen molar-refractivity contribution in [1.82, 2.24) is 14.9 Å². The molecule has 1 aliphatic rings. The van der Waals surface area contributed by atoms with Gasteiger partial charge in [-0.15, -0.1) is 0 Å². The smallest absolute Gasteiger partial charge is 0.410 e. The molecule has 3 rings (SSSR count). The van der Waals surface area contributed by atoms with Crippen molar-refractivity contribution in [3.05, 3.63) is 24.3 Å². The number of piperidine rings is 1. The Labute approximate surface area is 166 Å². The summed E-state index contributed by atoms with van der Waals surface area (Å²) in [5.41, 5.74) is 1.21. The average Bonchev–Trinajstić information content (AvgIpc) is 2.66. The number of aromatic nitrogens is 2. The van der Waals surface area contributed by atoms with Crippen LogP contribution in [0.5, 0.6) is 5.88 Å². The number of carbonyl (C=O) groups is 1. The van der Waals surface area contributed by atoms with E-state index >= 15 is 0 Å². The highest BCUT2D eigenvalue weighted by Gasteiger charge is 2.26. The number of anilines is 1. The van der Waals surface area contributed by atoms with Crippen LogP contribution in [-0.2, 0) is 4.74 Å². The largest absolute Gasteiger partial charge is 0.475 e. The second-order valence-corrected chi connectivity index (χ2v) is 8.16. The summed E-state index contributed by atoms with van der Waals surface area (Å²) in [5, 5.41) is 3.06. The molecule has 1 amide bonds. The number of fused-ring (bicyclic) bond motifs is 1. The number of carbonyl (C=O) groups excluding carboxylic acids is 1. The molecule has 7 heteroatoms. The zero-order valence-electron chi connectivity index (χ0n) is 17.2. The van der Waals surface area contributed by atoms with E-state index in [9.17, 15) is 4.79 Å². The normalized spacial score (nSPS) is 15.5. The summed E-state index contributed by atoms with van der Waals surface area (Å²) in [5.74, 6) is 1.72. The third-order valence-electron chi connectivity index (χ3n) is 4.81. The van der Waals surface area contributed by atoms with Crippen molar-refractivity contribution in [2.75, 3.05) is 32.1 Å². The molecule has 1 saturated heterocycles. The molecule has 1 aromatic carbocycles. The average molecular weight is 386 g/mol. The lowest BCUT2D eigenvalue weighted by Gasteiger charge is -2.33. The van der Waals surface area contributed by atoms with Gasteiger partial charge in [0.25, 0.3) is 5.88 Å². The molecule has 0 bridgehead atoms. The Morgan fingerprint density at radius 2 is 1.82 bits per heavy atom. The molecular weight excluding hydrogens is 356 g/mol. The topological polar surface area (TPSA) is 76.6 Å². The minimum absolute atomic E-state index is 0.215. The van der Waals surface area contributed by atoms with E-state index in [0.717, 1.165) is 43.4 Å². The number of nitrogens with zero attached hydrogens (tertiary/aromatic N) is 3. The minimum Gasteiger partial charge on any atom is -0.475 e. The van der Waals surface area contributed by atoms with Gasteiger partial charge in [-0.2, -0.15) is 0 Å². The first-order chi connectivity index (χ1) is 13.4. The molecule has 2 aromatic rings. The fraction of sp³-hybridized carbons (Fsp3) is 0.571. The second-order valence-electron chi connectivity index (χ2n) is 8.16. The Kier molecular flexibility index (Phi) is 6.21. The van der Waals surface area contributed by atoms with Crippen molar-refractivity contribution in [1.29, 1.82) is 0 Å². The molecule has 152 valence electrons. The molecule has 0 saturated carbocycles. The molecule has 1 aliphatic heterocycles. The van der Waals surface area contributed by atoms with Crippen LogP contribution in [-0.4, -0.2) is 53.3 Å². The third-order valence-corrected chi connectivity index (χ3v) is 4.81. The quantitative estimate of drug-likeness (QED) is 0.834. The van der Waals surface area contributed by atoms with Gasteiger partial charge >= 0.3 is 6.09 Å². The molecule has 1 fully saturated rings. The van der Waals surface area contributed by atoms with Gasteiger partial charge in [0.05, 0.1) is 17.6 Å². The number of rotatable bonds is 5. The molecule has 0 spiro atoms. The zero-order chi connectivity index (χ0) is 20.1. The first-order valence-corrected chi connectivity index (χ1v) is 9.91. The number of nitrogens with one attached hydrogen (secondary N) is 1. The van der Waals surface area contributed by atoms with Gasteiger partial charge in [0.1, 0.15) is 5.60 Å². The van der Waals surface area contributed by atoms with Crippen LogP contribution in [0.1, 0.15) is 40.0 Å². The van der Waals surface area contributed by atoms with Crippen LogP contribution < -0.4 is 10.1 Å². The van der Waals surface area contributed by atoms with Crippen LogP contribution in [0, 0.1) is 5.92 Å². The summed E-state index contributed by atoms with van der Waals surface area (Å²) in [6, 6.07) is 7.76. The fourth-order valence-electron chi connectivity index (χ4n) is 3.30. The number of benzene rings is 1. The molecule has 1 aromatic heterocycles. The van der Waals surface area contributed by atoms with Gasteiger partial charge in [0.15, 0.2) is 5.82 Å². The lowest BCUT2D eigenvalue weighted by molar-refractivity contribution is 0.0177. The molecule has 0 unspecified atom stereocenters. The van der Waals surface area contributed by atoms with Crippen molar-refractivity contribution in [3.8, 4) is 5.88 Å². The molecular formula is C21H30N4O3. The third kappa shape index (κ3) is 5.24. The summed E-state index contributed by atoms with van der Waals surface area (Å²) in [6.07, 6.45) is 2.64. The van der Waals surface area contributed by atoms with Crippen molar-refractivity contribution in [3.63, 3.8) is 0 Å². The lowest BCUT2D eigenvalue weighted by atomic mass is 9.94. The van der Waals surface area contributed by atoms with E-state index in [2.05, 4.69) is 15.3 Å². The Morgan fingerprint density at radius 3 is 2.43 bits per heavy atom. The van der Waals surface area contributed by atoms with Gasteiger partial charge in [-0.1, -0.05) is 12.1 Å². The van der Waals surface area contributed by atoms with Gasteiger partial charge < -0.3 is 19.7 Å². The van der Waals surface area contributed by atoms with Gasteiger partial charge in [-0.3, -0.25) is 0 Å². The monoisotopic (exact) mass is 386 g/mol. The Morgan fingerprint density at radius 1 is 1.18 bits per heavy atom. The number of ether oxygens (including phenoxy) is 2. The number of likely N-dealkylation sites (tertiary alicyclic amines) is 1. The first-order valence-electron chi connectivity index (χ1n) is 9.91. The molecule has 0 atom stereocenters. The molecule has 28 heavy (non-hydrogen) atoms. The maximum Gasteiger partial charge on any atom is 0.410 e. The first kappa shape index (κ1) is 20.2. The van der Waals surface area contributed by atoms with E-state index < -0.39 is 5.60 Å². The molecule has 7 nitrogen and oxygen atoms in total. The van der Waals surface area contributed by atoms with Crippen LogP contribution >= 0.6 is 0 Å². The predicted molar refractivity (Wildman–Crippen MR) is 110 cm³/mol. The van der Waals surface area contributed by atoms with E-state index in [0.29, 0.717) is 24.2 Å². The van der Waals surface area contributed by atoms with E-state index in [4.69, 9.17) is 9.47 Å². The van der Waals surface area contributed by atoms with Gasteiger partial charge in [0.2, 0.25) is 0 Å². The zero-order valence-corrected chi connectivity index (χ0v) is 17.2. The number of hydrogen-bond acceptors (Lipinski definition) is 6. The standard InChI is InChI=1S/C21H30N4O3/c1-21(2,3)28-20(26)25-12-9-15(10-13-25)11-14-27-19-18(22-4)23-16-7-5-6-8-17(16)24-19/h5-8,15H,9-14H2,1-4H3,(H,22,23). The van der Waals surface area contributed by atoms with E-state index in [1.165, 1.54) is 0 Å². The summed E-state index contributed by atoms with van der Waals surface area (Å²) >= 11 is 0. The van der Waals surface area contributed by atoms with Crippen LogP contribution in [0.3, 0.4) is 0 Å². The Balaban J connectivity index is 1.49. The minimum atomic E-state index is -0.451. The van der Waals surface area contributed by atoms with Crippen molar-refractivity contribution >= 4 is 22.9 Å². The van der Waals surface area contributed by atoms with Crippen LogP contribution in [0.25, 0.3) is 11.0 Å². The summed E-state index contributed by atoms with van der Waals surface area (Å²) in [4.78, 5) is 23.1. The molecule has 0 radical (unpaired) electrons. The summed E-state index contributed by atoms with van der Waals surface area (Å²) in [7, 11) is 1.82. The molecule has 1 N–H and O–H groups in total. The van der Waals surface area contributed by atoms with Gasteiger partial charge in [-0.05, 0) is 58.1 Å². The maximum atomic E-state index is 12.2. The highest BCUT2D eigenvalue weighted by atomic mass is 16.6. The van der Waals surface area contributed by atoms with Crippen LogP contribution in [0.15, 0.2) is 24.3 Å². The fourth-order valence-corrected chi connectivity index (χ4v) is 3.30. The van der Waals surface area contributed by atoms with Crippen LogP contribution in [0.4, 0.5) is 10.6 Å². The predicted octanol–water partition coefficient (Wildman–Crippen LogP) is 4.09. The number of hydrogen-bond donors (Lipinski definition) is 1. The molecule has 0 aliphatic carbocycles. The Bertz CT molecular complexity index is 811. The second kappa shape index (κ2) is 8.63. The van der Waals surface area contributed by atoms with Crippen molar-refractivity contribution in [2.45, 2.75) is 45.6 Å². The highest BCUT2D eigenvalue weighted by molar-refractivity contribution is 5.77. The maximum absolute atomic E-state index is 12.2. The Hall–Kier alpha value is -2.57. The van der Waals surface area contributed by atoms with E-state index in [1.54, 1.807) is 4.90 Å². The van der Waals surface area contributed by atoms with Crippen LogP contribution in [0.2, 0.25) is 0 Å². The van der Waals surface area contributed by atoms with E-state index in [1.807, 2.05) is 52.1 Å². The van der Waals surface area contributed by atoms with Gasteiger partial charge in [0, 0.05) is 20.1 Å². The van der Waals surface area contributed by atoms with Gasteiger partial charge in [-0.25, -0.2) is 14.8 Å².